The first-order valence-corrected chi connectivity index (χ1v) is 7.55. The number of carbonyl (C=O) groups is 1. The number of imidazole rings is 1. The lowest BCUT2D eigenvalue weighted by Gasteiger charge is -2.09. The van der Waals surface area contributed by atoms with E-state index in [9.17, 15) is 4.79 Å². The molecular formula is C18H18N4O. The van der Waals surface area contributed by atoms with Crippen LogP contribution in [0.15, 0.2) is 67.3 Å². The number of amides is 1. The van der Waals surface area contributed by atoms with E-state index in [1.807, 2.05) is 24.4 Å². The van der Waals surface area contributed by atoms with Crippen LogP contribution < -0.4 is 5.32 Å². The van der Waals surface area contributed by atoms with Crippen molar-refractivity contribution in [2.45, 2.75) is 13.0 Å². The molecule has 0 aliphatic rings. The van der Waals surface area contributed by atoms with Crippen molar-refractivity contribution in [2.75, 3.05) is 6.54 Å². The Morgan fingerprint density at radius 3 is 2.61 bits per heavy atom. The average Bonchev–Trinajstić information content (AvgIpc) is 3.03. The number of nitrogens with zero attached hydrogens (tertiary/aromatic N) is 3. The lowest BCUT2D eigenvalue weighted by atomic mass is 10.2. The molecular weight excluding hydrogens is 288 g/mol. The number of nitrogens with one attached hydrogen (secondary N) is 1. The van der Waals surface area contributed by atoms with Gasteiger partial charge in [0.05, 0.1) is 0 Å². The molecule has 2 heterocycles. The van der Waals surface area contributed by atoms with E-state index in [1.54, 1.807) is 30.7 Å². The summed E-state index contributed by atoms with van der Waals surface area (Å²) in [6, 6.07) is 13.6. The molecule has 0 atom stereocenters. The minimum atomic E-state index is -0.0893. The van der Waals surface area contributed by atoms with Crippen LogP contribution in [0.4, 0.5) is 0 Å². The minimum Gasteiger partial charge on any atom is -0.352 e. The topological polar surface area (TPSA) is 59.8 Å². The Bertz CT molecular complexity index is 753. The number of carbonyl (C=O) groups excluding carboxylic acids is 1. The summed E-state index contributed by atoms with van der Waals surface area (Å²) >= 11 is 0. The van der Waals surface area contributed by atoms with Gasteiger partial charge in [-0.15, -0.1) is 0 Å². The lowest BCUT2D eigenvalue weighted by Crippen LogP contribution is -2.26. The van der Waals surface area contributed by atoms with Crippen LogP contribution in [0.25, 0.3) is 0 Å². The molecule has 3 rings (SSSR count). The lowest BCUT2D eigenvalue weighted by molar-refractivity contribution is 0.0954. The standard InChI is InChI=1S/C18H18N4O/c23-18(16-6-9-19-10-7-16)21-11-8-17-20-12-13-22(17)14-15-4-2-1-3-5-15/h1-7,9-10,12-13H,8,11,14H2,(H,21,23). The van der Waals surface area contributed by atoms with Gasteiger partial charge in [-0.05, 0) is 17.7 Å². The van der Waals surface area contributed by atoms with Crippen molar-refractivity contribution >= 4 is 5.91 Å². The van der Waals surface area contributed by atoms with Crippen molar-refractivity contribution in [1.29, 1.82) is 0 Å². The Hall–Kier alpha value is -2.95. The van der Waals surface area contributed by atoms with Crippen LogP contribution in [0.1, 0.15) is 21.7 Å². The van der Waals surface area contributed by atoms with E-state index in [2.05, 4.69) is 32.0 Å². The van der Waals surface area contributed by atoms with E-state index < -0.39 is 0 Å². The number of benzene rings is 1. The highest BCUT2D eigenvalue weighted by molar-refractivity contribution is 5.93. The summed E-state index contributed by atoms with van der Waals surface area (Å²) < 4.78 is 2.11. The number of rotatable bonds is 6. The third-order valence-electron chi connectivity index (χ3n) is 3.57. The van der Waals surface area contributed by atoms with Gasteiger partial charge in [-0.1, -0.05) is 30.3 Å². The quantitative estimate of drug-likeness (QED) is 0.760. The maximum Gasteiger partial charge on any atom is 0.251 e. The molecule has 1 aromatic carbocycles. The van der Waals surface area contributed by atoms with E-state index in [-0.39, 0.29) is 5.91 Å². The molecule has 0 aliphatic carbocycles. The van der Waals surface area contributed by atoms with E-state index in [0.29, 0.717) is 18.5 Å². The van der Waals surface area contributed by atoms with Crippen molar-refractivity contribution in [1.82, 2.24) is 19.9 Å². The highest BCUT2D eigenvalue weighted by Crippen LogP contribution is 2.06. The first-order valence-electron chi connectivity index (χ1n) is 7.55. The zero-order valence-electron chi connectivity index (χ0n) is 12.7. The Morgan fingerprint density at radius 2 is 1.83 bits per heavy atom. The molecule has 0 saturated carbocycles. The van der Waals surface area contributed by atoms with Crippen LogP contribution in [0.3, 0.4) is 0 Å². The van der Waals surface area contributed by atoms with Crippen molar-refractivity contribution in [3.8, 4) is 0 Å². The van der Waals surface area contributed by atoms with E-state index in [1.165, 1.54) is 5.56 Å². The molecule has 5 nitrogen and oxygen atoms in total. The van der Waals surface area contributed by atoms with Gasteiger partial charge in [-0.25, -0.2) is 4.98 Å². The molecule has 0 saturated heterocycles. The first-order chi connectivity index (χ1) is 11.3. The van der Waals surface area contributed by atoms with E-state index in [0.717, 1.165) is 12.4 Å². The monoisotopic (exact) mass is 306 g/mol. The first kappa shape index (κ1) is 15.0. The molecule has 3 aromatic rings. The number of aromatic nitrogens is 3. The average molecular weight is 306 g/mol. The minimum absolute atomic E-state index is 0.0893. The molecule has 0 radical (unpaired) electrons. The van der Waals surface area contributed by atoms with Crippen LogP contribution in [-0.4, -0.2) is 27.0 Å². The fourth-order valence-corrected chi connectivity index (χ4v) is 2.39. The Kier molecular flexibility index (Phi) is 4.79. The molecule has 0 fully saturated rings. The summed E-state index contributed by atoms with van der Waals surface area (Å²) in [5.74, 6) is 0.873. The zero-order valence-corrected chi connectivity index (χ0v) is 12.7. The zero-order chi connectivity index (χ0) is 15.9. The van der Waals surface area contributed by atoms with Gasteiger partial charge in [-0.3, -0.25) is 9.78 Å². The van der Waals surface area contributed by atoms with Crippen molar-refractivity contribution in [2.24, 2.45) is 0 Å². The van der Waals surface area contributed by atoms with Gasteiger partial charge in [0.1, 0.15) is 5.82 Å². The molecule has 0 spiro atoms. The fourth-order valence-electron chi connectivity index (χ4n) is 2.39. The van der Waals surface area contributed by atoms with Gasteiger partial charge >= 0.3 is 0 Å². The summed E-state index contributed by atoms with van der Waals surface area (Å²) in [6.45, 7) is 1.33. The normalized spacial score (nSPS) is 10.4. The van der Waals surface area contributed by atoms with Crippen LogP contribution in [0, 0.1) is 0 Å². The number of hydrogen-bond acceptors (Lipinski definition) is 3. The molecule has 0 bridgehead atoms. The SMILES string of the molecule is O=C(NCCc1nccn1Cc1ccccc1)c1ccncc1. The van der Waals surface area contributed by atoms with E-state index in [4.69, 9.17) is 0 Å². The summed E-state index contributed by atoms with van der Waals surface area (Å²) in [7, 11) is 0. The van der Waals surface area contributed by atoms with Crippen LogP contribution in [0.5, 0.6) is 0 Å². The molecule has 5 heteroatoms. The summed E-state index contributed by atoms with van der Waals surface area (Å²) in [5.41, 5.74) is 1.85. The second kappa shape index (κ2) is 7.35. The Labute approximate surface area is 135 Å². The van der Waals surface area contributed by atoms with Crippen molar-refractivity contribution in [3.63, 3.8) is 0 Å². The Balaban J connectivity index is 1.55. The molecule has 23 heavy (non-hydrogen) atoms. The van der Waals surface area contributed by atoms with Gasteiger partial charge in [-0.2, -0.15) is 0 Å². The van der Waals surface area contributed by atoms with Gasteiger partial charge in [0.15, 0.2) is 0 Å². The molecule has 1 amide bonds. The second-order valence-corrected chi connectivity index (χ2v) is 5.20. The van der Waals surface area contributed by atoms with Crippen LogP contribution in [0.2, 0.25) is 0 Å². The predicted molar refractivity (Wildman–Crippen MR) is 88.0 cm³/mol. The highest BCUT2D eigenvalue weighted by Gasteiger charge is 2.06. The van der Waals surface area contributed by atoms with Crippen molar-refractivity contribution in [3.05, 3.63) is 84.2 Å². The smallest absolute Gasteiger partial charge is 0.251 e. The second-order valence-electron chi connectivity index (χ2n) is 5.20. The molecule has 116 valence electrons. The largest absolute Gasteiger partial charge is 0.352 e. The van der Waals surface area contributed by atoms with Crippen molar-refractivity contribution < 1.29 is 4.79 Å². The maximum atomic E-state index is 12.0. The highest BCUT2D eigenvalue weighted by atomic mass is 16.1. The molecule has 2 aromatic heterocycles. The van der Waals surface area contributed by atoms with E-state index >= 15 is 0 Å². The van der Waals surface area contributed by atoms with Gasteiger partial charge in [0.25, 0.3) is 5.91 Å². The molecule has 0 aliphatic heterocycles. The fraction of sp³-hybridized carbons (Fsp3) is 0.167. The molecule has 1 N–H and O–H groups in total. The van der Waals surface area contributed by atoms with Gasteiger partial charge < -0.3 is 9.88 Å². The number of pyridine rings is 1. The summed E-state index contributed by atoms with van der Waals surface area (Å²) in [5, 5.41) is 2.91. The third kappa shape index (κ3) is 4.03. The third-order valence-corrected chi connectivity index (χ3v) is 3.57. The Morgan fingerprint density at radius 1 is 1.04 bits per heavy atom. The summed E-state index contributed by atoms with van der Waals surface area (Å²) in [6.07, 6.45) is 7.68. The van der Waals surface area contributed by atoms with Gasteiger partial charge in [0.2, 0.25) is 0 Å². The van der Waals surface area contributed by atoms with Gasteiger partial charge in [0, 0.05) is 49.9 Å². The van der Waals surface area contributed by atoms with Crippen LogP contribution in [-0.2, 0) is 13.0 Å². The molecule has 0 unspecified atom stereocenters. The predicted octanol–water partition coefficient (Wildman–Crippen LogP) is 2.30. The summed E-state index contributed by atoms with van der Waals surface area (Å²) in [4.78, 5) is 20.3. The van der Waals surface area contributed by atoms with Crippen LogP contribution >= 0.6 is 0 Å². The maximum absolute atomic E-state index is 12.0. The number of hydrogen-bond donors (Lipinski definition) is 1.